The van der Waals surface area contributed by atoms with Gasteiger partial charge in [0.25, 0.3) is 5.91 Å². The van der Waals surface area contributed by atoms with Crippen molar-refractivity contribution in [3.05, 3.63) is 84.6 Å². The number of carbonyl (C=O) groups excluding carboxylic acids is 3. The van der Waals surface area contributed by atoms with Crippen LogP contribution in [0.15, 0.2) is 73.2 Å². The lowest BCUT2D eigenvalue weighted by atomic mass is 10.2. The number of halogens is 1. The Kier molecular flexibility index (Phi) is 6.93. The molecule has 1 aliphatic rings. The zero-order valence-electron chi connectivity index (χ0n) is 20.0. The van der Waals surface area contributed by atoms with E-state index >= 15 is 0 Å². The van der Waals surface area contributed by atoms with E-state index < -0.39 is 12.0 Å². The average Bonchev–Trinajstić information content (AvgIpc) is 3.54. The SMILES string of the molecule is O=CC(=O)Nc1cn(Cc2ccc(F)cc2)c2cc(N(C(=O)OC3CCCC3)c3ccncc3)ccc12. The van der Waals surface area contributed by atoms with Crippen molar-refractivity contribution in [1.82, 2.24) is 9.55 Å². The van der Waals surface area contributed by atoms with Crippen molar-refractivity contribution in [2.45, 2.75) is 38.3 Å². The Morgan fingerprint density at radius 1 is 1.05 bits per heavy atom. The first-order valence-electron chi connectivity index (χ1n) is 12.1. The highest BCUT2D eigenvalue weighted by atomic mass is 19.1. The molecule has 2 amide bonds. The van der Waals surface area contributed by atoms with E-state index in [0.29, 0.717) is 34.5 Å². The number of pyridine rings is 1. The molecular weight excluding hydrogens is 475 g/mol. The lowest BCUT2D eigenvalue weighted by Crippen LogP contribution is -2.30. The van der Waals surface area contributed by atoms with Gasteiger partial charge in [-0.25, -0.2) is 14.1 Å². The number of anilines is 3. The normalized spacial score (nSPS) is 13.4. The number of aldehydes is 1. The Morgan fingerprint density at radius 2 is 1.78 bits per heavy atom. The predicted octanol–water partition coefficient (Wildman–Crippen LogP) is 5.58. The van der Waals surface area contributed by atoms with Crippen LogP contribution < -0.4 is 10.2 Å². The van der Waals surface area contributed by atoms with Gasteiger partial charge in [-0.1, -0.05) is 12.1 Å². The fourth-order valence-corrected chi connectivity index (χ4v) is 4.65. The standard InChI is InChI=1S/C28H25FN4O4/c29-20-7-5-19(6-8-20)16-32-17-25(31-27(35)18-34)24-10-9-22(15-26(24)32)33(21-11-13-30-14-12-21)28(36)37-23-3-1-2-4-23/h5-15,17-18,23H,1-4,16H2,(H,31,35). The monoisotopic (exact) mass is 500 g/mol. The molecule has 2 aromatic carbocycles. The molecule has 0 aliphatic heterocycles. The van der Waals surface area contributed by atoms with Crippen molar-refractivity contribution in [1.29, 1.82) is 0 Å². The molecule has 1 saturated carbocycles. The fourth-order valence-electron chi connectivity index (χ4n) is 4.65. The maximum atomic E-state index is 13.4. The molecule has 0 bridgehead atoms. The zero-order valence-corrected chi connectivity index (χ0v) is 20.0. The summed E-state index contributed by atoms with van der Waals surface area (Å²) in [6.07, 6.45) is 8.29. The second-order valence-electron chi connectivity index (χ2n) is 8.94. The maximum absolute atomic E-state index is 13.4. The molecule has 1 aliphatic carbocycles. The van der Waals surface area contributed by atoms with Gasteiger partial charge in [0.15, 0.2) is 0 Å². The smallest absolute Gasteiger partial charge is 0.419 e. The summed E-state index contributed by atoms with van der Waals surface area (Å²) < 4.78 is 21.2. The molecule has 1 N–H and O–H groups in total. The van der Waals surface area contributed by atoms with Crippen LogP contribution in [0.25, 0.3) is 10.9 Å². The summed E-state index contributed by atoms with van der Waals surface area (Å²) in [5.41, 5.74) is 3.15. The number of ether oxygens (including phenoxy) is 1. The average molecular weight is 501 g/mol. The molecule has 2 aromatic heterocycles. The molecule has 9 heteroatoms. The van der Waals surface area contributed by atoms with Crippen LogP contribution in [-0.4, -0.2) is 33.9 Å². The van der Waals surface area contributed by atoms with Crippen LogP contribution in [0.5, 0.6) is 0 Å². The van der Waals surface area contributed by atoms with Crippen molar-refractivity contribution >= 4 is 46.3 Å². The minimum atomic E-state index is -0.775. The molecule has 37 heavy (non-hydrogen) atoms. The summed E-state index contributed by atoms with van der Waals surface area (Å²) in [6.45, 7) is 0.374. The highest BCUT2D eigenvalue weighted by Crippen LogP contribution is 2.34. The number of carbonyl (C=O) groups is 3. The van der Waals surface area contributed by atoms with Crippen LogP contribution in [0.1, 0.15) is 31.2 Å². The van der Waals surface area contributed by atoms with Crippen molar-refractivity contribution in [3.63, 3.8) is 0 Å². The molecule has 8 nitrogen and oxygen atoms in total. The summed E-state index contributed by atoms with van der Waals surface area (Å²) >= 11 is 0. The van der Waals surface area contributed by atoms with Crippen LogP contribution >= 0.6 is 0 Å². The largest absolute Gasteiger partial charge is 0.446 e. The molecule has 4 aromatic rings. The van der Waals surface area contributed by atoms with E-state index in [2.05, 4.69) is 10.3 Å². The number of nitrogens with one attached hydrogen (secondary N) is 1. The summed E-state index contributed by atoms with van der Waals surface area (Å²) in [7, 11) is 0. The summed E-state index contributed by atoms with van der Waals surface area (Å²) in [5.74, 6) is -1.11. The van der Waals surface area contributed by atoms with E-state index in [1.807, 2.05) is 10.6 Å². The summed E-state index contributed by atoms with van der Waals surface area (Å²) in [5, 5.41) is 3.28. The minimum absolute atomic E-state index is 0.118. The highest BCUT2D eigenvalue weighted by Gasteiger charge is 2.26. The maximum Gasteiger partial charge on any atom is 0.419 e. The fraction of sp³-hybridized carbons (Fsp3) is 0.214. The van der Waals surface area contributed by atoms with Gasteiger partial charge >= 0.3 is 6.09 Å². The molecule has 0 radical (unpaired) electrons. The van der Waals surface area contributed by atoms with Gasteiger partial charge < -0.3 is 14.6 Å². The van der Waals surface area contributed by atoms with Gasteiger partial charge in [0.1, 0.15) is 11.9 Å². The number of nitrogens with zero attached hydrogens (tertiary/aromatic N) is 3. The highest BCUT2D eigenvalue weighted by molar-refractivity contribution is 6.30. The van der Waals surface area contributed by atoms with Gasteiger partial charge in [-0.05, 0) is 73.7 Å². The van der Waals surface area contributed by atoms with Gasteiger partial charge in [0.2, 0.25) is 6.29 Å². The van der Waals surface area contributed by atoms with Gasteiger partial charge in [-0.15, -0.1) is 0 Å². The Labute approximate surface area is 212 Å². The lowest BCUT2D eigenvalue weighted by molar-refractivity contribution is -0.127. The molecule has 0 saturated heterocycles. The molecule has 0 spiro atoms. The van der Waals surface area contributed by atoms with Crippen LogP contribution in [0.3, 0.4) is 0 Å². The number of benzene rings is 2. The van der Waals surface area contributed by atoms with E-state index in [1.54, 1.807) is 55.0 Å². The zero-order chi connectivity index (χ0) is 25.8. The Hall–Kier alpha value is -4.53. The second kappa shape index (κ2) is 10.6. The van der Waals surface area contributed by atoms with Gasteiger partial charge in [0.05, 0.1) is 22.6 Å². The molecule has 2 heterocycles. The van der Waals surface area contributed by atoms with Crippen molar-refractivity contribution in [3.8, 4) is 0 Å². The molecular formula is C28H25FN4O4. The molecule has 5 rings (SSSR count). The van der Waals surface area contributed by atoms with E-state index in [1.165, 1.54) is 17.0 Å². The predicted molar refractivity (Wildman–Crippen MR) is 137 cm³/mol. The third kappa shape index (κ3) is 5.35. The summed E-state index contributed by atoms with van der Waals surface area (Å²) in [4.78, 5) is 41.8. The molecule has 188 valence electrons. The van der Waals surface area contributed by atoms with Crippen LogP contribution in [0, 0.1) is 5.82 Å². The first-order chi connectivity index (χ1) is 18.0. The second-order valence-corrected chi connectivity index (χ2v) is 8.94. The number of amides is 2. The van der Waals surface area contributed by atoms with Gasteiger partial charge in [-0.3, -0.25) is 14.6 Å². The first kappa shape index (κ1) is 24.2. The first-order valence-corrected chi connectivity index (χ1v) is 12.1. The van der Waals surface area contributed by atoms with E-state index in [-0.39, 0.29) is 18.2 Å². The summed E-state index contributed by atoms with van der Waals surface area (Å²) in [6, 6.07) is 14.9. The van der Waals surface area contributed by atoms with E-state index in [0.717, 1.165) is 31.2 Å². The van der Waals surface area contributed by atoms with E-state index in [9.17, 15) is 18.8 Å². The van der Waals surface area contributed by atoms with Crippen molar-refractivity contribution in [2.24, 2.45) is 0 Å². The Morgan fingerprint density at radius 3 is 2.49 bits per heavy atom. The van der Waals surface area contributed by atoms with E-state index in [4.69, 9.17) is 4.74 Å². The van der Waals surface area contributed by atoms with Crippen LogP contribution in [-0.2, 0) is 20.9 Å². The Balaban J connectivity index is 1.58. The van der Waals surface area contributed by atoms with Crippen molar-refractivity contribution in [2.75, 3.05) is 10.2 Å². The third-order valence-corrected chi connectivity index (χ3v) is 6.43. The number of hydrogen-bond donors (Lipinski definition) is 1. The number of aromatic nitrogens is 2. The third-order valence-electron chi connectivity index (χ3n) is 6.43. The number of rotatable bonds is 7. The van der Waals surface area contributed by atoms with Gasteiger partial charge in [-0.2, -0.15) is 0 Å². The van der Waals surface area contributed by atoms with Crippen LogP contribution in [0.4, 0.5) is 26.2 Å². The Bertz CT molecular complexity index is 1430. The number of hydrogen-bond acceptors (Lipinski definition) is 5. The van der Waals surface area contributed by atoms with Crippen molar-refractivity contribution < 1.29 is 23.5 Å². The lowest BCUT2D eigenvalue weighted by Gasteiger charge is -2.24. The molecule has 0 unspecified atom stereocenters. The van der Waals surface area contributed by atoms with Gasteiger partial charge in [0, 0.05) is 30.5 Å². The van der Waals surface area contributed by atoms with Crippen LogP contribution in [0.2, 0.25) is 0 Å². The minimum Gasteiger partial charge on any atom is -0.446 e. The quantitative estimate of drug-likeness (QED) is 0.264. The molecule has 0 atom stereocenters. The number of fused-ring (bicyclic) bond motifs is 1. The topological polar surface area (TPSA) is 93.5 Å². The molecule has 1 fully saturated rings.